The number of aryl methyl sites for hydroxylation is 1. The second kappa shape index (κ2) is 12.8. The predicted octanol–water partition coefficient (Wildman–Crippen LogP) is 4.30. The number of benzene rings is 2. The van der Waals surface area contributed by atoms with E-state index < -0.39 is 8.32 Å². The second-order valence-electron chi connectivity index (χ2n) is 11.7. The predicted molar refractivity (Wildman–Crippen MR) is 165 cm³/mol. The molecular formula is C32H40N4O6Si. The molecule has 0 fully saturated rings. The maximum absolute atomic E-state index is 12.9. The van der Waals surface area contributed by atoms with Gasteiger partial charge in [0.1, 0.15) is 11.9 Å². The lowest BCUT2D eigenvalue weighted by molar-refractivity contribution is -0.0247. The SMILES string of the molecule is COc1cccn(-c2ccc3c(c2)[C@H](OC)[C@@H](C)[C@H](C(CCn2cc(C(CO)c4ccccc4)nn2)[Si](C)(C)O)O3)c1=O. The van der Waals surface area contributed by atoms with Gasteiger partial charge in [0.15, 0.2) is 14.1 Å². The number of rotatable bonds is 11. The summed E-state index contributed by atoms with van der Waals surface area (Å²) >= 11 is 0. The molecule has 2 unspecified atom stereocenters. The first-order chi connectivity index (χ1) is 20.7. The number of aliphatic hydroxyl groups excluding tert-OH is 1. The van der Waals surface area contributed by atoms with Crippen LogP contribution in [0.1, 0.15) is 42.2 Å². The van der Waals surface area contributed by atoms with Gasteiger partial charge in [0.2, 0.25) is 0 Å². The molecule has 228 valence electrons. The lowest BCUT2D eigenvalue weighted by Crippen LogP contribution is -2.48. The van der Waals surface area contributed by atoms with E-state index in [1.165, 1.54) is 7.11 Å². The monoisotopic (exact) mass is 604 g/mol. The zero-order valence-electron chi connectivity index (χ0n) is 25.3. The Morgan fingerprint density at radius 1 is 1.09 bits per heavy atom. The van der Waals surface area contributed by atoms with Crippen LogP contribution in [-0.2, 0) is 11.3 Å². The van der Waals surface area contributed by atoms with Crippen LogP contribution in [0.3, 0.4) is 0 Å². The highest BCUT2D eigenvalue weighted by atomic mass is 28.4. The number of hydrogen-bond donors (Lipinski definition) is 2. The fourth-order valence-electron chi connectivity index (χ4n) is 6.18. The lowest BCUT2D eigenvalue weighted by atomic mass is 9.86. The second-order valence-corrected chi connectivity index (χ2v) is 15.7. The van der Waals surface area contributed by atoms with Crippen LogP contribution in [0.15, 0.2) is 77.9 Å². The highest BCUT2D eigenvalue weighted by molar-refractivity contribution is 6.71. The minimum absolute atomic E-state index is 0.0681. The fraction of sp³-hybridized carbons (Fsp3) is 0.406. The number of ether oxygens (including phenoxy) is 3. The Morgan fingerprint density at radius 2 is 1.86 bits per heavy atom. The van der Waals surface area contributed by atoms with Crippen LogP contribution in [-0.4, -0.2) is 64.7 Å². The van der Waals surface area contributed by atoms with E-state index in [9.17, 15) is 14.7 Å². The minimum Gasteiger partial charge on any atom is -0.491 e. The molecule has 1 aliphatic heterocycles. The molecule has 0 amide bonds. The van der Waals surface area contributed by atoms with E-state index in [1.807, 2.05) is 67.8 Å². The van der Waals surface area contributed by atoms with E-state index in [1.54, 1.807) is 34.7 Å². The molecule has 3 heterocycles. The molecule has 4 aromatic rings. The number of nitrogens with zero attached hydrogens (tertiary/aromatic N) is 4. The summed E-state index contributed by atoms with van der Waals surface area (Å²) in [6, 6.07) is 18.8. The van der Waals surface area contributed by atoms with Gasteiger partial charge in [0.05, 0.1) is 31.4 Å². The van der Waals surface area contributed by atoms with Crippen molar-refractivity contribution in [2.45, 2.75) is 56.7 Å². The molecule has 11 heteroatoms. The Labute approximate surface area is 252 Å². The van der Waals surface area contributed by atoms with Crippen molar-refractivity contribution in [3.63, 3.8) is 0 Å². The molecule has 5 rings (SSSR count). The Kier molecular flexibility index (Phi) is 9.16. The first-order valence-corrected chi connectivity index (χ1v) is 17.6. The molecule has 5 atom stereocenters. The third kappa shape index (κ3) is 6.30. The summed E-state index contributed by atoms with van der Waals surface area (Å²) in [4.78, 5) is 24.4. The van der Waals surface area contributed by atoms with Gasteiger partial charge in [-0.25, -0.2) is 0 Å². The van der Waals surface area contributed by atoms with Gasteiger partial charge in [-0.05, 0) is 55.4 Å². The number of fused-ring (bicyclic) bond motifs is 1. The molecule has 0 spiro atoms. The van der Waals surface area contributed by atoms with E-state index in [0.717, 1.165) is 11.1 Å². The van der Waals surface area contributed by atoms with Gasteiger partial charge >= 0.3 is 0 Å². The van der Waals surface area contributed by atoms with Crippen molar-refractivity contribution >= 4 is 8.32 Å². The standard InChI is InChI=1S/C32H40N4O6Si/c1-21-30(41-3)24-18-23(36-16-9-12-28(40-2)32(36)38)13-14-27(24)42-31(21)29(43(4,5)39)15-17-35-19-26(33-34-35)25(20-37)22-10-7-6-8-11-22/h6-14,16,18-19,21,25,29-31,37,39H,15,17,20H2,1-5H3/t21-,25?,29?,30-,31-/m1/s1. The maximum Gasteiger partial charge on any atom is 0.297 e. The third-order valence-electron chi connectivity index (χ3n) is 8.49. The molecule has 0 saturated heterocycles. The molecule has 1 aliphatic rings. The number of pyridine rings is 1. The van der Waals surface area contributed by atoms with Crippen molar-refractivity contribution < 1.29 is 24.1 Å². The Hall–Kier alpha value is -3.77. The fourth-order valence-corrected chi connectivity index (χ4v) is 8.19. The first-order valence-electron chi connectivity index (χ1n) is 14.5. The van der Waals surface area contributed by atoms with Crippen LogP contribution in [0.25, 0.3) is 5.69 Å². The first kappa shape index (κ1) is 30.7. The number of aliphatic hydroxyl groups is 1. The highest BCUT2D eigenvalue weighted by Gasteiger charge is 2.46. The van der Waals surface area contributed by atoms with Crippen LogP contribution in [0.5, 0.6) is 11.5 Å². The van der Waals surface area contributed by atoms with Crippen LogP contribution < -0.4 is 15.0 Å². The van der Waals surface area contributed by atoms with Crippen LogP contribution in [0, 0.1) is 5.92 Å². The van der Waals surface area contributed by atoms with Gasteiger partial charge in [-0.2, -0.15) is 0 Å². The van der Waals surface area contributed by atoms with E-state index >= 15 is 0 Å². The molecule has 0 aliphatic carbocycles. The van der Waals surface area contributed by atoms with Crippen molar-refractivity contribution in [1.29, 1.82) is 0 Å². The summed E-state index contributed by atoms with van der Waals surface area (Å²) in [5.74, 6) is 0.599. The van der Waals surface area contributed by atoms with E-state index in [-0.39, 0.29) is 47.5 Å². The Bertz CT molecular complexity index is 1580. The number of methoxy groups -OCH3 is 2. The van der Waals surface area contributed by atoms with E-state index in [4.69, 9.17) is 14.2 Å². The van der Waals surface area contributed by atoms with Crippen molar-refractivity contribution in [2.24, 2.45) is 5.92 Å². The van der Waals surface area contributed by atoms with Crippen LogP contribution >= 0.6 is 0 Å². The molecular weight excluding hydrogens is 564 g/mol. The summed E-state index contributed by atoms with van der Waals surface area (Å²) in [5.41, 5.74) is 2.83. The molecule has 0 radical (unpaired) electrons. The molecule has 0 bridgehead atoms. The van der Waals surface area contributed by atoms with Gasteiger partial charge in [0.25, 0.3) is 5.56 Å². The zero-order valence-corrected chi connectivity index (χ0v) is 26.3. The smallest absolute Gasteiger partial charge is 0.297 e. The average molecular weight is 605 g/mol. The van der Waals surface area contributed by atoms with E-state index in [0.29, 0.717) is 30.1 Å². The highest BCUT2D eigenvalue weighted by Crippen LogP contribution is 2.47. The summed E-state index contributed by atoms with van der Waals surface area (Å²) in [7, 11) is 0.423. The maximum atomic E-state index is 12.9. The molecule has 43 heavy (non-hydrogen) atoms. The lowest BCUT2D eigenvalue weighted by Gasteiger charge is -2.44. The average Bonchev–Trinajstić information content (AvgIpc) is 3.46. The van der Waals surface area contributed by atoms with Gasteiger partial charge in [0, 0.05) is 48.8 Å². The van der Waals surface area contributed by atoms with Crippen molar-refractivity contribution in [2.75, 3.05) is 20.8 Å². The third-order valence-corrected chi connectivity index (χ3v) is 10.9. The number of hydrogen-bond acceptors (Lipinski definition) is 8. The summed E-state index contributed by atoms with van der Waals surface area (Å²) < 4.78 is 21.2. The number of aromatic nitrogens is 4. The van der Waals surface area contributed by atoms with Gasteiger partial charge in [-0.1, -0.05) is 42.5 Å². The summed E-state index contributed by atoms with van der Waals surface area (Å²) in [6.45, 7) is 6.43. The van der Waals surface area contributed by atoms with Crippen molar-refractivity contribution in [3.8, 4) is 17.2 Å². The van der Waals surface area contributed by atoms with E-state index in [2.05, 4.69) is 17.2 Å². The molecule has 10 nitrogen and oxygen atoms in total. The Morgan fingerprint density at radius 3 is 2.53 bits per heavy atom. The van der Waals surface area contributed by atoms with Crippen molar-refractivity contribution in [3.05, 3.63) is 100 Å². The Balaban J connectivity index is 1.39. The van der Waals surface area contributed by atoms with Crippen LogP contribution in [0.2, 0.25) is 18.6 Å². The summed E-state index contributed by atoms with van der Waals surface area (Å²) in [6.07, 6.45) is 3.61. The minimum atomic E-state index is -2.73. The molecule has 2 aromatic carbocycles. The van der Waals surface area contributed by atoms with Gasteiger partial charge in [-0.3, -0.25) is 14.0 Å². The van der Waals surface area contributed by atoms with Gasteiger partial charge < -0.3 is 24.1 Å². The van der Waals surface area contributed by atoms with Crippen molar-refractivity contribution in [1.82, 2.24) is 19.6 Å². The molecule has 2 aromatic heterocycles. The summed E-state index contributed by atoms with van der Waals surface area (Å²) in [5, 5.41) is 18.8. The van der Waals surface area contributed by atoms with Gasteiger partial charge in [-0.15, -0.1) is 5.10 Å². The molecule has 2 N–H and O–H groups in total. The topological polar surface area (TPSA) is 121 Å². The molecule has 0 saturated carbocycles. The normalized spacial score (nSPS) is 19.7. The largest absolute Gasteiger partial charge is 0.491 e. The zero-order chi connectivity index (χ0) is 30.7. The van der Waals surface area contributed by atoms with Crippen LogP contribution in [0.4, 0.5) is 0 Å². The quantitative estimate of drug-likeness (QED) is 0.243.